The van der Waals surface area contributed by atoms with Crippen LogP contribution in [0.15, 0.2) is 51.1 Å². The summed E-state index contributed by atoms with van der Waals surface area (Å²) in [6.45, 7) is 1.22. The molecule has 30 heavy (non-hydrogen) atoms. The van der Waals surface area contributed by atoms with Gasteiger partial charge in [-0.1, -0.05) is 50.7 Å². The van der Waals surface area contributed by atoms with Crippen LogP contribution in [0, 0.1) is 0 Å². The molecule has 0 spiro atoms. The quantitative estimate of drug-likeness (QED) is 0.342. The molecule has 3 aromatic rings. The molecule has 1 aliphatic rings. The Labute approximate surface area is 202 Å². The molecule has 0 amide bonds. The maximum Gasteiger partial charge on any atom is 0.185 e. The summed E-state index contributed by atoms with van der Waals surface area (Å²) >= 11 is 23.3. The van der Waals surface area contributed by atoms with Crippen molar-refractivity contribution < 1.29 is 8.42 Å². The van der Waals surface area contributed by atoms with E-state index in [1.54, 1.807) is 30.3 Å². The van der Waals surface area contributed by atoms with Crippen LogP contribution in [0.2, 0.25) is 15.1 Å². The summed E-state index contributed by atoms with van der Waals surface area (Å²) < 4.78 is 26.9. The monoisotopic (exact) mass is 564 g/mol. The van der Waals surface area contributed by atoms with Crippen LogP contribution in [-0.2, 0) is 9.84 Å². The largest absolute Gasteiger partial charge is 0.348 e. The molecule has 1 aliphatic heterocycles. The van der Waals surface area contributed by atoms with E-state index in [0.29, 0.717) is 36.0 Å². The smallest absolute Gasteiger partial charge is 0.185 e. The van der Waals surface area contributed by atoms with Crippen molar-refractivity contribution in [1.82, 2.24) is 4.98 Å². The highest BCUT2D eigenvalue weighted by Crippen LogP contribution is 2.36. The summed E-state index contributed by atoms with van der Waals surface area (Å²) in [5, 5.41) is 3.72. The first-order chi connectivity index (χ1) is 14.3. The maximum absolute atomic E-state index is 13.1. The van der Waals surface area contributed by atoms with Crippen molar-refractivity contribution >= 4 is 77.0 Å². The Morgan fingerprint density at radius 3 is 2.43 bits per heavy atom. The Bertz CT molecular complexity index is 1190. The number of sulfone groups is 1. The van der Waals surface area contributed by atoms with E-state index in [0.717, 1.165) is 20.9 Å². The third-order valence-corrected chi connectivity index (χ3v) is 9.74. The van der Waals surface area contributed by atoms with Gasteiger partial charge in [-0.25, -0.2) is 13.4 Å². The van der Waals surface area contributed by atoms with Gasteiger partial charge in [0, 0.05) is 33.5 Å². The van der Waals surface area contributed by atoms with E-state index < -0.39 is 15.1 Å². The number of aromatic nitrogens is 1. The fourth-order valence-corrected chi connectivity index (χ4v) is 7.63. The Balaban J connectivity index is 1.48. The molecule has 0 bridgehead atoms. The number of anilines is 1. The first-order valence-corrected chi connectivity index (χ1v) is 13.5. The van der Waals surface area contributed by atoms with Gasteiger partial charge in [0.15, 0.2) is 15.0 Å². The Kier molecular flexibility index (Phi) is 6.68. The van der Waals surface area contributed by atoms with Gasteiger partial charge in [0.2, 0.25) is 0 Å². The minimum absolute atomic E-state index is 0.194. The first kappa shape index (κ1) is 22.4. The highest BCUT2D eigenvalue weighted by Gasteiger charge is 2.33. The Morgan fingerprint density at radius 1 is 1.03 bits per heavy atom. The van der Waals surface area contributed by atoms with E-state index in [9.17, 15) is 8.42 Å². The highest BCUT2D eigenvalue weighted by molar-refractivity contribution is 9.10. The summed E-state index contributed by atoms with van der Waals surface area (Å²) in [6.07, 6.45) is 1.04. The second kappa shape index (κ2) is 8.96. The zero-order valence-electron chi connectivity index (χ0n) is 15.5. The first-order valence-electron chi connectivity index (χ1n) is 9.10. The van der Waals surface area contributed by atoms with Crippen LogP contribution in [0.4, 0.5) is 5.13 Å². The van der Waals surface area contributed by atoms with Gasteiger partial charge in [0.1, 0.15) is 0 Å². The van der Waals surface area contributed by atoms with E-state index in [2.05, 4.69) is 20.8 Å². The van der Waals surface area contributed by atoms with E-state index in [1.807, 2.05) is 11.4 Å². The van der Waals surface area contributed by atoms with E-state index in [1.165, 1.54) is 11.3 Å². The number of hydrogen-bond acceptors (Lipinski definition) is 5. The lowest BCUT2D eigenvalue weighted by atomic mass is 10.1. The second-order valence-corrected chi connectivity index (χ2v) is 12.1. The van der Waals surface area contributed by atoms with Gasteiger partial charge in [-0.2, -0.15) is 0 Å². The van der Waals surface area contributed by atoms with Crippen LogP contribution in [0.3, 0.4) is 0 Å². The Hall–Kier alpha value is -0.830. The standard InChI is InChI=1S/C20H16BrCl3N2O2S2/c21-12-1-4-19(17(24)9-12)30(27,28)14-5-7-26(8-6-14)20-25-18(11-29-20)15-3-2-13(22)10-16(15)23/h1-4,9-11,14H,5-8H2. The third-order valence-electron chi connectivity index (χ3n) is 5.05. The van der Waals surface area contributed by atoms with Gasteiger partial charge in [-0.15, -0.1) is 11.3 Å². The van der Waals surface area contributed by atoms with Gasteiger partial charge in [0.05, 0.1) is 25.9 Å². The molecule has 0 unspecified atom stereocenters. The predicted octanol–water partition coefficient (Wildman–Crippen LogP) is 6.98. The molecule has 0 N–H and O–H groups in total. The topological polar surface area (TPSA) is 50.3 Å². The van der Waals surface area contributed by atoms with Crippen molar-refractivity contribution in [3.63, 3.8) is 0 Å². The average molecular weight is 567 g/mol. The molecule has 2 heterocycles. The summed E-state index contributed by atoms with van der Waals surface area (Å²) in [4.78, 5) is 7.02. The van der Waals surface area contributed by atoms with Gasteiger partial charge in [-0.3, -0.25) is 0 Å². The molecule has 0 atom stereocenters. The second-order valence-electron chi connectivity index (χ2n) is 6.95. The lowest BCUT2D eigenvalue weighted by molar-refractivity contribution is 0.529. The normalized spacial score (nSPS) is 15.5. The van der Waals surface area contributed by atoms with Crippen molar-refractivity contribution in [2.75, 3.05) is 18.0 Å². The van der Waals surface area contributed by atoms with E-state index >= 15 is 0 Å². The number of benzene rings is 2. The minimum Gasteiger partial charge on any atom is -0.348 e. The number of rotatable bonds is 4. The minimum atomic E-state index is -3.49. The summed E-state index contributed by atoms with van der Waals surface area (Å²) in [5.41, 5.74) is 1.61. The highest BCUT2D eigenvalue weighted by atomic mass is 79.9. The van der Waals surface area contributed by atoms with Crippen LogP contribution in [0.1, 0.15) is 12.8 Å². The number of nitrogens with zero attached hydrogens (tertiary/aromatic N) is 2. The summed E-state index contributed by atoms with van der Waals surface area (Å²) in [6, 6.07) is 10.2. The number of thiazole rings is 1. The van der Waals surface area contributed by atoms with Gasteiger partial charge in [-0.05, 0) is 49.2 Å². The zero-order valence-corrected chi connectivity index (χ0v) is 21.0. The van der Waals surface area contributed by atoms with Crippen LogP contribution < -0.4 is 4.90 Å². The molecule has 0 aliphatic carbocycles. The van der Waals surface area contributed by atoms with Gasteiger partial charge < -0.3 is 4.90 Å². The van der Waals surface area contributed by atoms with Crippen LogP contribution in [0.5, 0.6) is 0 Å². The molecule has 1 saturated heterocycles. The average Bonchev–Trinajstić information content (AvgIpc) is 3.17. The van der Waals surface area contributed by atoms with Crippen molar-refractivity contribution in [3.05, 3.63) is 61.3 Å². The SMILES string of the molecule is O=S(=O)(c1ccc(Br)cc1Cl)C1CCN(c2nc(-c3ccc(Cl)cc3Cl)cs2)CC1. The van der Waals surface area contributed by atoms with Crippen molar-refractivity contribution in [3.8, 4) is 11.3 Å². The van der Waals surface area contributed by atoms with Crippen molar-refractivity contribution in [1.29, 1.82) is 0 Å². The van der Waals surface area contributed by atoms with Crippen molar-refractivity contribution in [2.45, 2.75) is 23.0 Å². The third kappa shape index (κ3) is 4.52. The van der Waals surface area contributed by atoms with E-state index in [4.69, 9.17) is 39.8 Å². The van der Waals surface area contributed by atoms with Crippen LogP contribution in [-0.4, -0.2) is 31.7 Å². The molecule has 4 rings (SSSR count). The Morgan fingerprint density at radius 2 is 1.77 bits per heavy atom. The molecule has 0 saturated carbocycles. The fraction of sp³-hybridized carbons (Fsp3) is 0.250. The molecule has 2 aromatic carbocycles. The number of hydrogen-bond donors (Lipinski definition) is 0. The maximum atomic E-state index is 13.1. The molecule has 4 nitrogen and oxygen atoms in total. The molecule has 1 fully saturated rings. The summed E-state index contributed by atoms with van der Waals surface area (Å²) in [7, 11) is -3.49. The molecule has 158 valence electrons. The number of piperidine rings is 1. The van der Waals surface area contributed by atoms with Gasteiger partial charge in [0.25, 0.3) is 0 Å². The molecular formula is C20H16BrCl3N2O2S2. The van der Waals surface area contributed by atoms with Crippen molar-refractivity contribution in [2.24, 2.45) is 0 Å². The molecule has 1 aromatic heterocycles. The molecular weight excluding hydrogens is 551 g/mol. The lowest BCUT2D eigenvalue weighted by Gasteiger charge is -2.31. The summed E-state index contributed by atoms with van der Waals surface area (Å²) in [5.74, 6) is 0. The zero-order chi connectivity index (χ0) is 21.5. The fourth-order valence-electron chi connectivity index (χ4n) is 3.47. The lowest BCUT2D eigenvalue weighted by Crippen LogP contribution is -2.39. The van der Waals surface area contributed by atoms with Gasteiger partial charge >= 0.3 is 0 Å². The molecule has 0 radical (unpaired) electrons. The number of halogens is 4. The predicted molar refractivity (Wildman–Crippen MR) is 129 cm³/mol. The van der Waals surface area contributed by atoms with Crippen LogP contribution >= 0.6 is 62.1 Å². The van der Waals surface area contributed by atoms with Crippen LogP contribution in [0.25, 0.3) is 11.3 Å². The molecule has 10 heteroatoms. The van der Waals surface area contributed by atoms with E-state index in [-0.39, 0.29) is 9.92 Å².